The van der Waals surface area contributed by atoms with E-state index in [1.54, 1.807) is 6.92 Å². The van der Waals surface area contributed by atoms with Crippen molar-refractivity contribution in [2.24, 2.45) is 0 Å². The zero-order chi connectivity index (χ0) is 15.3. The lowest BCUT2D eigenvalue weighted by Gasteiger charge is -2.07. The molecule has 0 aliphatic rings. The fourth-order valence-electron chi connectivity index (χ4n) is 1.58. The van der Waals surface area contributed by atoms with Gasteiger partial charge < -0.3 is 9.84 Å². The Morgan fingerprint density at radius 3 is 2.86 bits per heavy atom. The maximum Gasteiger partial charge on any atom is 0.241 e. The highest BCUT2D eigenvalue weighted by Gasteiger charge is 2.16. The molecule has 0 aliphatic heterocycles. The molecule has 2 aromatic heterocycles. The minimum Gasteiger partial charge on any atom is -0.370 e. The molecule has 0 unspecified atom stereocenters. The summed E-state index contributed by atoms with van der Waals surface area (Å²) in [6.45, 7) is 4.35. The van der Waals surface area contributed by atoms with Crippen LogP contribution in [0.25, 0.3) is 0 Å². The Morgan fingerprint density at radius 2 is 2.19 bits per heavy atom. The van der Waals surface area contributed by atoms with Gasteiger partial charge in [-0.1, -0.05) is 12.1 Å². The number of pyridine rings is 1. The molecule has 21 heavy (non-hydrogen) atoms. The third-order valence-electron chi connectivity index (χ3n) is 2.59. The highest BCUT2D eigenvalue weighted by molar-refractivity contribution is 7.89. The van der Waals surface area contributed by atoms with E-state index in [4.69, 9.17) is 4.52 Å². The van der Waals surface area contributed by atoms with Gasteiger partial charge in [-0.25, -0.2) is 18.1 Å². The van der Waals surface area contributed by atoms with E-state index >= 15 is 0 Å². The zero-order valence-electron chi connectivity index (χ0n) is 11.8. The van der Waals surface area contributed by atoms with Gasteiger partial charge >= 0.3 is 0 Å². The Kier molecular flexibility index (Phi) is 4.86. The minimum absolute atomic E-state index is 0.0281. The molecule has 9 heteroatoms. The van der Waals surface area contributed by atoms with Crippen molar-refractivity contribution in [1.29, 1.82) is 0 Å². The Balaban J connectivity index is 2.08. The van der Waals surface area contributed by atoms with Gasteiger partial charge in [-0.2, -0.15) is 4.98 Å². The van der Waals surface area contributed by atoms with Crippen LogP contribution in [0, 0.1) is 6.92 Å². The lowest BCUT2D eigenvalue weighted by Crippen LogP contribution is -2.24. The molecule has 8 nitrogen and oxygen atoms in total. The van der Waals surface area contributed by atoms with Crippen LogP contribution in [-0.2, 0) is 16.6 Å². The van der Waals surface area contributed by atoms with Crippen molar-refractivity contribution in [3.63, 3.8) is 0 Å². The van der Waals surface area contributed by atoms with E-state index in [2.05, 4.69) is 25.2 Å². The third kappa shape index (κ3) is 4.23. The van der Waals surface area contributed by atoms with E-state index in [-0.39, 0.29) is 17.3 Å². The summed E-state index contributed by atoms with van der Waals surface area (Å²) in [6.07, 6.45) is 2.37. The minimum atomic E-state index is -3.65. The summed E-state index contributed by atoms with van der Waals surface area (Å²) in [5.74, 6) is 1.20. The summed E-state index contributed by atoms with van der Waals surface area (Å²) in [4.78, 5) is 8.14. The van der Waals surface area contributed by atoms with Crippen molar-refractivity contribution < 1.29 is 12.9 Å². The van der Waals surface area contributed by atoms with E-state index in [1.807, 2.05) is 6.92 Å². The number of hydrogen-bond donors (Lipinski definition) is 2. The first-order valence-electron chi connectivity index (χ1n) is 6.50. The van der Waals surface area contributed by atoms with E-state index in [0.717, 1.165) is 13.0 Å². The number of nitrogens with zero attached hydrogens (tertiary/aromatic N) is 3. The first kappa shape index (κ1) is 15.4. The third-order valence-corrected chi connectivity index (χ3v) is 3.99. The molecule has 0 aromatic carbocycles. The van der Waals surface area contributed by atoms with Gasteiger partial charge in [0.15, 0.2) is 5.82 Å². The summed E-state index contributed by atoms with van der Waals surface area (Å²) in [5, 5.41) is 6.67. The smallest absolute Gasteiger partial charge is 0.241 e. The van der Waals surface area contributed by atoms with Gasteiger partial charge in [0.1, 0.15) is 5.82 Å². The zero-order valence-corrected chi connectivity index (χ0v) is 12.6. The monoisotopic (exact) mass is 311 g/mol. The SMILES string of the molecule is CCCNc1cc(S(=O)(=O)NCc2noc(C)n2)ccn1. The van der Waals surface area contributed by atoms with Crippen LogP contribution in [0.2, 0.25) is 0 Å². The van der Waals surface area contributed by atoms with Crippen molar-refractivity contribution in [3.05, 3.63) is 30.0 Å². The van der Waals surface area contributed by atoms with E-state index in [1.165, 1.54) is 18.3 Å². The lowest BCUT2D eigenvalue weighted by molar-refractivity contribution is 0.387. The molecule has 0 fully saturated rings. The number of rotatable bonds is 7. The molecule has 2 rings (SSSR count). The molecule has 2 aromatic rings. The second-order valence-corrected chi connectivity index (χ2v) is 6.12. The molecular weight excluding hydrogens is 294 g/mol. The summed E-state index contributed by atoms with van der Waals surface area (Å²) < 4.78 is 31.6. The van der Waals surface area contributed by atoms with Crippen LogP contribution >= 0.6 is 0 Å². The molecule has 2 N–H and O–H groups in total. The van der Waals surface area contributed by atoms with Crippen LogP contribution < -0.4 is 10.0 Å². The fourth-order valence-corrected chi connectivity index (χ4v) is 2.58. The number of sulfonamides is 1. The predicted octanol–water partition coefficient (Wildman–Crippen LogP) is 1.07. The van der Waals surface area contributed by atoms with Crippen LogP contribution in [0.15, 0.2) is 27.7 Å². The van der Waals surface area contributed by atoms with E-state index in [0.29, 0.717) is 11.7 Å². The van der Waals surface area contributed by atoms with Gasteiger partial charge in [0.25, 0.3) is 0 Å². The molecule has 0 saturated carbocycles. The van der Waals surface area contributed by atoms with Crippen molar-refractivity contribution in [3.8, 4) is 0 Å². The highest BCUT2D eigenvalue weighted by Crippen LogP contribution is 2.13. The van der Waals surface area contributed by atoms with Crippen LogP contribution in [0.1, 0.15) is 25.1 Å². The molecule has 0 radical (unpaired) electrons. The lowest BCUT2D eigenvalue weighted by atomic mass is 10.4. The van der Waals surface area contributed by atoms with Crippen LogP contribution in [0.3, 0.4) is 0 Å². The average Bonchev–Trinajstić information content (AvgIpc) is 2.89. The molecule has 0 spiro atoms. The van der Waals surface area contributed by atoms with Gasteiger partial charge in [-0.3, -0.25) is 0 Å². The van der Waals surface area contributed by atoms with Crippen LogP contribution in [-0.4, -0.2) is 30.1 Å². The molecule has 114 valence electrons. The topological polar surface area (TPSA) is 110 Å². The number of hydrogen-bond acceptors (Lipinski definition) is 7. The largest absolute Gasteiger partial charge is 0.370 e. The maximum atomic E-state index is 12.2. The van der Waals surface area contributed by atoms with Gasteiger partial charge in [-0.05, 0) is 12.5 Å². The first-order valence-corrected chi connectivity index (χ1v) is 7.98. The Labute approximate surface area is 123 Å². The fraction of sp³-hybridized carbons (Fsp3) is 0.417. The van der Waals surface area contributed by atoms with Crippen molar-refractivity contribution in [2.75, 3.05) is 11.9 Å². The first-order chi connectivity index (χ1) is 10.0. The molecule has 0 saturated heterocycles. The maximum absolute atomic E-state index is 12.2. The van der Waals surface area contributed by atoms with Crippen molar-refractivity contribution >= 4 is 15.8 Å². The standard InChI is InChI=1S/C12H17N5O3S/c1-3-5-13-11-7-10(4-6-14-11)21(18,19)15-8-12-16-9(2)20-17-12/h4,6-7,15H,3,5,8H2,1-2H3,(H,13,14). The highest BCUT2D eigenvalue weighted by atomic mass is 32.2. The second kappa shape index (κ2) is 6.64. The Hall–Kier alpha value is -2.00. The van der Waals surface area contributed by atoms with Gasteiger partial charge in [0, 0.05) is 25.7 Å². The number of anilines is 1. The molecule has 0 atom stereocenters. The molecular formula is C12H17N5O3S. The van der Waals surface area contributed by atoms with Gasteiger partial charge in [0.05, 0.1) is 11.4 Å². The van der Waals surface area contributed by atoms with Crippen molar-refractivity contribution in [1.82, 2.24) is 19.8 Å². The summed E-state index contributed by atoms with van der Waals surface area (Å²) >= 11 is 0. The number of nitrogens with one attached hydrogen (secondary N) is 2. The second-order valence-electron chi connectivity index (χ2n) is 4.36. The summed E-state index contributed by atoms with van der Waals surface area (Å²) in [7, 11) is -3.65. The van der Waals surface area contributed by atoms with Crippen LogP contribution in [0.5, 0.6) is 0 Å². The molecule has 2 heterocycles. The quantitative estimate of drug-likeness (QED) is 0.787. The van der Waals surface area contributed by atoms with Crippen LogP contribution in [0.4, 0.5) is 5.82 Å². The molecule has 0 bridgehead atoms. The Morgan fingerprint density at radius 1 is 1.38 bits per heavy atom. The van der Waals surface area contributed by atoms with Gasteiger partial charge in [0.2, 0.25) is 15.9 Å². The Bertz CT molecular complexity index is 698. The summed E-state index contributed by atoms with van der Waals surface area (Å²) in [5.41, 5.74) is 0. The average molecular weight is 311 g/mol. The number of aromatic nitrogens is 3. The van der Waals surface area contributed by atoms with Crippen molar-refractivity contribution in [2.45, 2.75) is 31.7 Å². The van der Waals surface area contributed by atoms with Gasteiger partial charge in [-0.15, -0.1) is 0 Å². The predicted molar refractivity (Wildman–Crippen MR) is 76.1 cm³/mol. The normalized spacial score (nSPS) is 11.5. The number of aryl methyl sites for hydroxylation is 1. The van der Waals surface area contributed by atoms with E-state index in [9.17, 15) is 8.42 Å². The van der Waals surface area contributed by atoms with E-state index < -0.39 is 10.0 Å². The molecule has 0 amide bonds. The summed E-state index contributed by atoms with van der Waals surface area (Å²) in [6, 6.07) is 2.92. The molecule has 0 aliphatic carbocycles.